The lowest BCUT2D eigenvalue weighted by molar-refractivity contribution is 0.473. The van der Waals surface area contributed by atoms with E-state index in [4.69, 9.17) is 0 Å². The number of anilines is 1. The van der Waals surface area contributed by atoms with E-state index in [2.05, 4.69) is 42.1 Å². The number of fused-ring (bicyclic) bond motifs is 1. The van der Waals surface area contributed by atoms with Gasteiger partial charge in [0.25, 0.3) is 0 Å². The van der Waals surface area contributed by atoms with E-state index in [0.717, 1.165) is 51.9 Å². The number of aromatic hydroxyl groups is 1. The van der Waals surface area contributed by atoms with E-state index in [1.54, 1.807) is 0 Å². The van der Waals surface area contributed by atoms with Crippen molar-refractivity contribution in [3.8, 4) is 16.9 Å². The second kappa shape index (κ2) is 6.11. The predicted octanol–water partition coefficient (Wildman–Crippen LogP) is 4.24. The Bertz CT molecular complexity index is 724. The van der Waals surface area contributed by atoms with Crippen LogP contribution in [0.25, 0.3) is 11.1 Å². The molecule has 0 aromatic heterocycles. The molecule has 5 heteroatoms. The van der Waals surface area contributed by atoms with Crippen molar-refractivity contribution in [2.45, 2.75) is 0 Å². The van der Waals surface area contributed by atoms with Crippen LogP contribution in [0, 0.1) is 11.8 Å². The van der Waals surface area contributed by atoms with Crippen molar-refractivity contribution < 1.29 is 5.11 Å². The van der Waals surface area contributed by atoms with Gasteiger partial charge < -0.3 is 15.3 Å². The van der Waals surface area contributed by atoms with E-state index in [1.165, 1.54) is 0 Å². The third-order valence-electron chi connectivity index (χ3n) is 4.96. The van der Waals surface area contributed by atoms with Crippen LogP contribution >= 0.6 is 31.9 Å². The van der Waals surface area contributed by atoms with Gasteiger partial charge in [-0.25, -0.2) is 0 Å². The molecule has 0 amide bonds. The molecule has 2 aliphatic heterocycles. The van der Waals surface area contributed by atoms with Gasteiger partial charge in [-0.1, -0.05) is 30.3 Å². The zero-order chi connectivity index (χ0) is 16.0. The molecule has 2 saturated heterocycles. The molecule has 2 N–H and O–H groups in total. The minimum atomic E-state index is 0.310. The summed E-state index contributed by atoms with van der Waals surface area (Å²) in [6.07, 6.45) is 0. The highest BCUT2D eigenvalue weighted by Gasteiger charge is 2.37. The van der Waals surface area contributed by atoms with Crippen LogP contribution in [0.5, 0.6) is 5.75 Å². The molecule has 0 saturated carbocycles. The SMILES string of the molecule is Oc1c(-c2ccccc2)cc(Br)c(N2CC3CNCC3C2)c1Br. The van der Waals surface area contributed by atoms with Gasteiger partial charge in [-0.3, -0.25) is 0 Å². The molecular weight excluding hydrogens is 420 g/mol. The van der Waals surface area contributed by atoms with Crippen LogP contribution in [-0.4, -0.2) is 31.3 Å². The van der Waals surface area contributed by atoms with Gasteiger partial charge in [0.2, 0.25) is 0 Å². The number of hydrogen-bond donors (Lipinski definition) is 2. The Morgan fingerprint density at radius 3 is 2.35 bits per heavy atom. The van der Waals surface area contributed by atoms with Crippen molar-refractivity contribution in [2.75, 3.05) is 31.1 Å². The number of phenols is 1. The highest BCUT2D eigenvalue weighted by atomic mass is 79.9. The van der Waals surface area contributed by atoms with E-state index in [9.17, 15) is 5.11 Å². The maximum atomic E-state index is 10.7. The minimum absolute atomic E-state index is 0.310. The van der Waals surface area contributed by atoms with Crippen LogP contribution in [0.3, 0.4) is 0 Å². The number of halogens is 2. The van der Waals surface area contributed by atoms with Crippen molar-refractivity contribution in [3.63, 3.8) is 0 Å². The summed E-state index contributed by atoms with van der Waals surface area (Å²) in [5.74, 6) is 1.74. The topological polar surface area (TPSA) is 35.5 Å². The summed E-state index contributed by atoms with van der Waals surface area (Å²) >= 11 is 7.35. The first-order chi connectivity index (χ1) is 11.1. The number of nitrogens with one attached hydrogen (secondary N) is 1. The fraction of sp³-hybridized carbons (Fsp3) is 0.333. The van der Waals surface area contributed by atoms with Crippen LogP contribution in [0.1, 0.15) is 0 Å². The Hall–Kier alpha value is -1.04. The fourth-order valence-corrected chi connectivity index (χ4v) is 5.39. The normalized spacial score (nSPS) is 23.3. The molecule has 0 aliphatic carbocycles. The Morgan fingerprint density at radius 2 is 1.70 bits per heavy atom. The van der Waals surface area contributed by atoms with E-state index in [0.29, 0.717) is 17.6 Å². The lowest BCUT2D eigenvalue weighted by Crippen LogP contribution is -2.26. The first kappa shape index (κ1) is 15.5. The second-order valence-corrected chi connectivity index (χ2v) is 8.01. The molecule has 2 unspecified atom stereocenters. The third-order valence-corrected chi connectivity index (χ3v) is 6.31. The van der Waals surface area contributed by atoms with Crippen molar-refractivity contribution in [3.05, 3.63) is 45.3 Å². The van der Waals surface area contributed by atoms with Crippen LogP contribution in [0.4, 0.5) is 5.69 Å². The van der Waals surface area contributed by atoms with E-state index < -0.39 is 0 Å². The summed E-state index contributed by atoms with van der Waals surface area (Å²) < 4.78 is 1.80. The van der Waals surface area contributed by atoms with Gasteiger partial charge in [0.1, 0.15) is 5.75 Å². The van der Waals surface area contributed by atoms with Crippen LogP contribution in [-0.2, 0) is 0 Å². The Morgan fingerprint density at radius 1 is 1.04 bits per heavy atom. The molecule has 3 nitrogen and oxygen atoms in total. The average molecular weight is 438 g/mol. The summed E-state index contributed by atoms with van der Waals surface area (Å²) in [5.41, 5.74) is 2.92. The van der Waals surface area contributed by atoms with Crippen molar-refractivity contribution in [1.29, 1.82) is 0 Å². The van der Waals surface area contributed by atoms with Crippen molar-refractivity contribution in [2.24, 2.45) is 11.8 Å². The van der Waals surface area contributed by atoms with Crippen LogP contribution in [0.2, 0.25) is 0 Å². The Balaban J connectivity index is 1.74. The number of phenolic OH excluding ortho intramolecular Hbond substituents is 1. The number of rotatable bonds is 2. The van der Waals surface area contributed by atoms with Gasteiger partial charge in [-0.15, -0.1) is 0 Å². The van der Waals surface area contributed by atoms with Gasteiger partial charge in [-0.2, -0.15) is 0 Å². The van der Waals surface area contributed by atoms with E-state index in [1.807, 2.05) is 36.4 Å². The Kier molecular flexibility index (Phi) is 4.12. The van der Waals surface area contributed by atoms with Crippen LogP contribution in [0.15, 0.2) is 45.3 Å². The van der Waals surface area contributed by atoms with E-state index in [-0.39, 0.29) is 0 Å². The predicted molar refractivity (Wildman–Crippen MR) is 101 cm³/mol. The maximum absolute atomic E-state index is 10.7. The molecule has 2 fully saturated rings. The van der Waals surface area contributed by atoms with E-state index >= 15 is 0 Å². The summed E-state index contributed by atoms with van der Waals surface area (Å²) in [7, 11) is 0. The zero-order valence-electron chi connectivity index (χ0n) is 12.6. The zero-order valence-corrected chi connectivity index (χ0v) is 15.8. The molecule has 0 spiro atoms. The van der Waals surface area contributed by atoms with Gasteiger partial charge in [-0.05, 0) is 55.3 Å². The highest BCUT2D eigenvalue weighted by molar-refractivity contribution is 9.11. The summed E-state index contributed by atoms with van der Waals surface area (Å²) in [6.45, 7) is 4.28. The molecule has 4 rings (SSSR count). The molecule has 23 heavy (non-hydrogen) atoms. The molecule has 2 heterocycles. The van der Waals surface area contributed by atoms with Gasteiger partial charge in [0, 0.05) is 36.2 Å². The summed E-state index contributed by atoms with van der Waals surface area (Å²) in [5, 5.41) is 14.2. The maximum Gasteiger partial charge on any atom is 0.139 e. The standard InChI is InChI=1S/C18H18Br2N2O/c19-15-6-14(11-4-2-1-3-5-11)18(23)16(20)17(15)22-9-12-7-21-8-13(12)10-22/h1-6,12-13,21,23H,7-10H2. The third kappa shape index (κ3) is 2.69. The fourth-order valence-electron chi connectivity index (χ4n) is 3.76. The first-order valence-corrected chi connectivity index (χ1v) is 9.46. The molecule has 0 radical (unpaired) electrons. The summed E-state index contributed by atoms with van der Waals surface area (Å²) in [6, 6.07) is 12.0. The number of nitrogens with zero attached hydrogens (tertiary/aromatic N) is 1. The number of hydrogen-bond acceptors (Lipinski definition) is 3. The second-order valence-electron chi connectivity index (χ2n) is 6.37. The largest absolute Gasteiger partial charge is 0.506 e. The molecule has 120 valence electrons. The highest BCUT2D eigenvalue weighted by Crippen LogP contribution is 2.47. The molecule has 2 atom stereocenters. The van der Waals surface area contributed by atoms with Gasteiger partial charge >= 0.3 is 0 Å². The quantitative estimate of drug-likeness (QED) is 0.737. The Labute approximate surface area is 153 Å². The lowest BCUT2D eigenvalue weighted by atomic mass is 10.0. The molecule has 2 aliphatic rings. The lowest BCUT2D eigenvalue weighted by Gasteiger charge is -2.24. The van der Waals surface area contributed by atoms with Gasteiger partial charge in [0.15, 0.2) is 0 Å². The van der Waals surface area contributed by atoms with Crippen molar-refractivity contribution >= 4 is 37.5 Å². The number of benzene rings is 2. The molecule has 0 bridgehead atoms. The average Bonchev–Trinajstić information content (AvgIpc) is 3.13. The first-order valence-electron chi connectivity index (χ1n) is 7.87. The van der Waals surface area contributed by atoms with Crippen molar-refractivity contribution in [1.82, 2.24) is 5.32 Å². The minimum Gasteiger partial charge on any atom is -0.506 e. The monoisotopic (exact) mass is 436 g/mol. The van der Waals surface area contributed by atoms with Gasteiger partial charge in [0.05, 0.1) is 10.2 Å². The smallest absolute Gasteiger partial charge is 0.139 e. The molecule has 2 aromatic carbocycles. The van der Waals surface area contributed by atoms with Crippen LogP contribution < -0.4 is 10.2 Å². The molecule has 2 aromatic rings. The summed E-state index contributed by atoms with van der Waals surface area (Å²) in [4.78, 5) is 2.39. The molecular formula is C18H18Br2N2O.